The van der Waals surface area contributed by atoms with Crippen LogP contribution in [-0.4, -0.2) is 56.6 Å². The van der Waals surface area contributed by atoms with Gasteiger partial charge in [-0.25, -0.2) is 0 Å². The van der Waals surface area contributed by atoms with Gasteiger partial charge in [0, 0.05) is 31.5 Å². The average molecular weight is 382 g/mol. The Morgan fingerprint density at radius 1 is 1.20 bits per heavy atom. The summed E-state index contributed by atoms with van der Waals surface area (Å²) < 4.78 is 10.5. The maximum Gasteiger partial charge on any atom is 1.00 e. The molecule has 8 heteroatoms. The van der Waals surface area contributed by atoms with Crippen molar-refractivity contribution in [3.8, 4) is 0 Å². The Morgan fingerprint density at radius 3 is 2.48 bits per heavy atom. The van der Waals surface area contributed by atoms with Crippen LogP contribution in [0, 0.1) is 13.3 Å². The summed E-state index contributed by atoms with van der Waals surface area (Å²) >= 11 is 0. The SMILES string of the molecule is CC(C)OCCNC(=O)C1CC(NC(=O)CCOCC[C-]=O)C1.[CH3-].[K+]. The van der Waals surface area contributed by atoms with Gasteiger partial charge in [-0.15, -0.1) is 6.42 Å². The van der Waals surface area contributed by atoms with Crippen LogP contribution < -0.4 is 62.0 Å². The average Bonchev–Trinajstić information content (AvgIpc) is 2.46. The van der Waals surface area contributed by atoms with Crippen LogP contribution in [0.2, 0.25) is 0 Å². The van der Waals surface area contributed by atoms with E-state index in [1.54, 1.807) is 6.29 Å². The Labute approximate surface area is 193 Å². The summed E-state index contributed by atoms with van der Waals surface area (Å²) in [6, 6.07) is 0.0634. The molecule has 0 atom stereocenters. The van der Waals surface area contributed by atoms with Crippen molar-refractivity contribution in [3.63, 3.8) is 0 Å². The van der Waals surface area contributed by atoms with E-state index < -0.39 is 0 Å². The predicted molar refractivity (Wildman–Crippen MR) is 90.9 cm³/mol. The Balaban J connectivity index is 0. The molecule has 25 heavy (non-hydrogen) atoms. The van der Waals surface area contributed by atoms with E-state index in [0.29, 0.717) is 39.2 Å². The number of ether oxygens (including phenoxy) is 2. The van der Waals surface area contributed by atoms with Crippen LogP contribution in [0.3, 0.4) is 0 Å². The zero-order chi connectivity index (χ0) is 17.1. The molecule has 0 bridgehead atoms. The van der Waals surface area contributed by atoms with Crippen molar-refractivity contribution in [2.45, 2.75) is 51.7 Å². The van der Waals surface area contributed by atoms with E-state index in [2.05, 4.69) is 10.6 Å². The molecular weight excluding hydrogens is 351 g/mol. The Morgan fingerprint density at radius 2 is 1.88 bits per heavy atom. The quantitative estimate of drug-likeness (QED) is 0.227. The van der Waals surface area contributed by atoms with Gasteiger partial charge in [-0.1, -0.05) is 0 Å². The van der Waals surface area contributed by atoms with Crippen LogP contribution in [0.25, 0.3) is 0 Å². The van der Waals surface area contributed by atoms with Gasteiger partial charge in [0.2, 0.25) is 11.8 Å². The molecule has 2 amide bonds. The summed E-state index contributed by atoms with van der Waals surface area (Å²) in [5.41, 5.74) is 0. The molecule has 0 heterocycles. The molecule has 0 saturated heterocycles. The molecule has 140 valence electrons. The molecule has 0 spiro atoms. The number of rotatable bonds is 12. The van der Waals surface area contributed by atoms with Crippen LogP contribution in [0.4, 0.5) is 0 Å². The fraction of sp³-hybridized carbons (Fsp3) is 0.765. The first-order chi connectivity index (χ1) is 11.0. The van der Waals surface area contributed by atoms with Crippen molar-refractivity contribution in [3.05, 3.63) is 7.43 Å². The maximum atomic E-state index is 11.8. The molecule has 2 N–H and O–H groups in total. The summed E-state index contributed by atoms with van der Waals surface area (Å²) in [4.78, 5) is 33.5. The van der Waals surface area contributed by atoms with E-state index in [4.69, 9.17) is 9.47 Å². The van der Waals surface area contributed by atoms with Gasteiger partial charge < -0.3 is 32.3 Å². The van der Waals surface area contributed by atoms with Crippen LogP contribution in [-0.2, 0) is 23.9 Å². The van der Waals surface area contributed by atoms with Crippen LogP contribution in [0.5, 0.6) is 0 Å². The molecule has 0 radical (unpaired) electrons. The first-order valence-corrected chi connectivity index (χ1v) is 8.14. The zero-order valence-electron chi connectivity index (χ0n) is 15.9. The molecule has 1 rings (SSSR count). The van der Waals surface area contributed by atoms with Gasteiger partial charge in [0.1, 0.15) is 0 Å². The minimum absolute atomic E-state index is 0. The van der Waals surface area contributed by atoms with Gasteiger partial charge in [0.05, 0.1) is 19.3 Å². The first-order valence-electron chi connectivity index (χ1n) is 8.14. The van der Waals surface area contributed by atoms with E-state index in [1.807, 2.05) is 13.8 Å². The van der Waals surface area contributed by atoms with Gasteiger partial charge in [-0.2, -0.15) is 0 Å². The summed E-state index contributed by atoms with van der Waals surface area (Å²) in [6.07, 6.45) is 3.72. The Hall–Kier alpha value is 0.166. The van der Waals surface area contributed by atoms with Crippen molar-refractivity contribution in [1.29, 1.82) is 0 Å². The maximum absolute atomic E-state index is 11.8. The standard InChI is InChI=1S/C16H27N2O5.CH3.K/c1-12(2)23-9-5-17-16(21)13-10-14(11-13)18-15(20)4-8-22-7-3-6-19;;/h12-14H,3-5,7-11H2,1-2H3,(H,17,21)(H,18,20);1H3;/q2*-1;+1. The van der Waals surface area contributed by atoms with Crippen molar-refractivity contribution >= 4 is 18.1 Å². The normalized spacial score (nSPS) is 18.4. The molecule has 0 aromatic rings. The van der Waals surface area contributed by atoms with Gasteiger partial charge in [0.15, 0.2) is 0 Å². The van der Waals surface area contributed by atoms with Gasteiger partial charge in [0.25, 0.3) is 0 Å². The number of hydrogen-bond acceptors (Lipinski definition) is 5. The first kappa shape index (κ1) is 27.4. The van der Waals surface area contributed by atoms with E-state index >= 15 is 0 Å². The molecule has 1 fully saturated rings. The monoisotopic (exact) mass is 381 g/mol. The number of nitrogens with one attached hydrogen (secondary N) is 2. The molecular formula is C17H30KN2O5-. The van der Waals surface area contributed by atoms with Crippen LogP contribution >= 0.6 is 0 Å². The molecule has 1 saturated carbocycles. The van der Waals surface area contributed by atoms with E-state index in [9.17, 15) is 14.4 Å². The van der Waals surface area contributed by atoms with E-state index in [-0.39, 0.29) is 102 Å². The summed E-state index contributed by atoms with van der Waals surface area (Å²) in [7, 11) is 0. The summed E-state index contributed by atoms with van der Waals surface area (Å²) in [6.45, 7) is 5.51. The van der Waals surface area contributed by atoms with Crippen molar-refractivity contribution < 1.29 is 75.2 Å². The second kappa shape index (κ2) is 16.3. The fourth-order valence-electron chi connectivity index (χ4n) is 2.24. The topological polar surface area (TPSA) is 93.7 Å². The number of carbonyl (C=O) groups excluding carboxylic acids is 3. The van der Waals surface area contributed by atoms with E-state index in [1.165, 1.54) is 0 Å². The smallest absolute Gasteiger partial charge is 0.542 e. The second-order valence-corrected chi connectivity index (χ2v) is 5.90. The van der Waals surface area contributed by atoms with Crippen LogP contribution in [0.1, 0.15) is 39.5 Å². The third-order valence-electron chi connectivity index (χ3n) is 3.55. The summed E-state index contributed by atoms with van der Waals surface area (Å²) in [5, 5.41) is 5.71. The zero-order valence-corrected chi connectivity index (χ0v) is 19.1. The van der Waals surface area contributed by atoms with Crippen molar-refractivity contribution in [2.75, 3.05) is 26.4 Å². The van der Waals surface area contributed by atoms with Gasteiger partial charge in [-0.05, 0) is 26.7 Å². The number of carbonyl (C=O) groups is 2. The number of hydrogen-bond donors (Lipinski definition) is 2. The third kappa shape index (κ3) is 13.0. The van der Waals surface area contributed by atoms with Gasteiger partial charge >= 0.3 is 51.4 Å². The molecule has 1 aliphatic rings. The molecule has 1 aliphatic carbocycles. The number of amides is 2. The molecule has 0 aromatic heterocycles. The summed E-state index contributed by atoms with van der Waals surface area (Å²) in [5.74, 6) is -0.0932. The van der Waals surface area contributed by atoms with E-state index in [0.717, 1.165) is 0 Å². The Kier molecular flexibility index (Phi) is 17.9. The molecule has 0 unspecified atom stereocenters. The second-order valence-electron chi connectivity index (χ2n) is 5.90. The molecule has 0 aliphatic heterocycles. The largest absolute Gasteiger partial charge is 1.00 e. The molecule has 7 nitrogen and oxygen atoms in total. The predicted octanol–water partition coefficient (Wildman–Crippen LogP) is -2.22. The molecule has 0 aromatic carbocycles. The fourth-order valence-corrected chi connectivity index (χ4v) is 2.24. The van der Waals surface area contributed by atoms with Crippen molar-refractivity contribution in [1.82, 2.24) is 10.6 Å². The van der Waals surface area contributed by atoms with Crippen molar-refractivity contribution in [2.24, 2.45) is 5.92 Å². The third-order valence-corrected chi connectivity index (χ3v) is 3.55. The van der Waals surface area contributed by atoms with Crippen LogP contribution in [0.15, 0.2) is 0 Å². The minimum Gasteiger partial charge on any atom is -0.542 e. The van der Waals surface area contributed by atoms with Gasteiger partial charge in [-0.3, -0.25) is 15.9 Å². The minimum atomic E-state index is -0.0886. The Bertz CT molecular complexity index is 387.